The van der Waals surface area contributed by atoms with Crippen LogP contribution in [-0.2, 0) is 6.54 Å². The Hall–Kier alpha value is -3.02. The molecule has 0 aromatic heterocycles. The van der Waals surface area contributed by atoms with Gasteiger partial charge in [-0.25, -0.2) is 4.79 Å². The third-order valence-corrected chi connectivity index (χ3v) is 4.50. The fraction of sp³-hybridized carbons (Fsp3) is 0.300. The van der Waals surface area contributed by atoms with Crippen LogP contribution in [0.4, 0.5) is 5.69 Å². The molecule has 0 bridgehead atoms. The van der Waals surface area contributed by atoms with Crippen molar-refractivity contribution in [3.8, 4) is 5.75 Å². The average molecular weight is 354 g/mol. The molecule has 0 aliphatic carbocycles. The minimum Gasteiger partial charge on any atom is -0.495 e. The topological polar surface area (TPSA) is 78.9 Å². The number of rotatable bonds is 6. The summed E-state index contributed by atoms with van der Waals surface area (Å²) in [5.74, 6) is -0.291. The summed E-state index contributed by atoms with van der Waals surface area (Å²) in [6.45, 7) is 2.03. The molecule has 0 atom stereocenters. The zero-order valence-electron chi connectivity index (χ0n) is 14.7. The molecule has 6 nitrogen and oxygen atoms in total. The number of amides is 1. The molecule has 6 heteroatoms. The molecule has 2 aromatic carbocycles. The Balaban J connectivity index is 1.77. The summed E-state index contributed by atoms with van der Waals surface area (Å²) >= 11 is 0. The number of anilines is 1. The number of carbonyl (C=O) groups is 2. The molecule has 0 unspecified atom stereocenters. The molecule has 26 heavy (non-hydrogen) atoms. The van der Waals surface area contributed by atoms with Crippen molar-refractivity contribution in [2.24, 2.45) is 0 Å². The van der Waals surface area contributed by atoms with Gasteiger partial charge in [-0.2, -0.15) is 0 Å². The Morgan fingerprint density at radius 1 is 1.12 bits per heavy atom. The summed E-state index contributed by atoms with van der Waals surface area (Å²) < 4.78 is 5.37. The number of hydrogen-bond donors (Lipinski definition) is 2. The van der Waals surface area contributed by atoms with E-state index in [9.17, 15) is 9.59 Å². The molecule has 1 heterocycles. The van der Waals surface area contributed by atoms with E-state index >= 15 is 0 Å². The second kappa shape index (κ2) is 7.91. The Labute approximate surface area is 152 Å². The molecule has 1 saturated heterocycles. The largest absolute Gasteiger partial charge is 0.495 e. The zero-order chi connectivity index (χ0) is 18.5. The highest BCUT2D eigenvalue weighted by atomic mass is 16.5. The smallest absolute Gasteiger partial charge is 0.335 e. The fourth-order valence-electron chi connectivity index (χ4n) is 3.09. The van der Waals surface area contributed by atoms with Crippen molar-refractivity contribution >= 4 is 17.6 Å². The van der Waals surface area contributed by atoms with Crippen LogP contribution in [0.3, 0.4) is 0 Å². The maximum atomic E-state index is 12.6. The lowest BCUT2D eigenvalue weighted by molar-refractivity contribution is 0.0696. The number of carboxylic acids is 1. The summed E-state index contributed by atoms with van der Waals surface area (Å²) in [4.78, 5) is 25.5. The van der Waals surface area contributed by atoms with Gasteiger partial charge >= 0.3 is 5.97 Å². The van der Waals surface area contributed by atoms with Gasteiger partial charge < -0.3 is 20.1 Å². The van der Waals surface area contributed by atoms with Crippen LogP contribution in [0.25, 0.3) is 0 Å². The van der Waals surface area contributed by atoms with E-state index in [-0.39, 0.29) is 11.5 Å². The molecule has 136 valence electrons. The third-order valence-electron chi connectivity index (χ3n) is 4.50. The minimum absolute atomic E-state index is 0.0288. The standard InChI is InChI=1S/C20H22N2O4/c1-26-18-8-7-15(19(23)22-9-2-3-10-22)12-17(18)21-13-14-5-4-6-16(11-14)20(24)25/h4-8,11-12,21H,2-3,9-10,13H2,1H3,(H,24,25). The van der Waals surface area contributed by atoms with Crippen molar-refractivity contribution in [3.63, 3.8) is 0 Å². The number of nitrogens with zero attached hydrogens (tertiary/aromatic N) is 1. The van der Waals surface area contributed by atoms with E-state index in [1.54, 1.807) is 43.5 Å². The quantitative estimate of drug-likeness (QED) is 0.833. The summed E-state index contributed by atoms with van der Waals surface area (Å²) in [7, 11) is 1.58. The van der Waals surface area contributed by atoms with E-state index in [4.69, 9.17) is 9.84 Å². The Kier molecular flexibility index (Phi) is 5.41. The number of hydrogen-bond acceptors (Lipinski definition) is 4. The van der Waals surface area contributed by atoms with Crippen LogP contribution < -0.4 is 10.1 Å². The van der Waals surface area contributed by atoms with Crippen molar-refractivity contribution in [1.29, 1.82) is 0 Å². The van der Waals surface area contributed by atoms with Crippen LogP contribution in [0.2, 0.25) is 0 Å². The van der Waals surface area contributed by atoms with Crippen molar-refractivity contribution in [1.82, 2.24) is 4.90 Å². The van der Waals surface area contributed by atoms with E-state index in [2.05, 4.69) is 5.32 Å². The molecule has 0 saturated carbocycles. The van der Waals surface area contributed by atoms with Gasteiger partial charge in [0, 0.05) is 25.2 Å². The maximum absolute atomic E-state index is 12.6. The van der Waals surface area contributed by atoms with Crippen molar-refractivity contribution in [2.75, 3.05) is 25.5 Å². The van der Waals surface area contributed by atoms with Gasteiger partial charge in [0.1, 0.15) is 5.75 Å². The Morgan fingerprint density at radius 2 is 1.88 bits per heavy atom. The number of ether oxygens (including phenoxy) is 1. The third kappa shape index (κ3) is 3.96. The highest BCUT2D eigenvalue weighted by Crippen LogP contribution is 2.27. The van der Waals surface area contributed by atoms with Crippen molar-refractivity contribution in [3.05, 3.63) is 59.2 Å². The van der Waals surface area contributed by atoms with Crippen molar-refractivity contribution < 1.29 is 19.4 Å². The second-order valence-electron chi connectivity index (χ2n) is 6.27. The molecule has 2 N–H and O–H groups in total. The summed E-state index contributed by atoms with van der Waals surface area (Å²) in [6.07, 6.45) is 2.10. The lowest BCUT2D eigenvalue weighted by Crippen LogP contribution is -2.27. The molecule has 1 aliphatic rings. The van der Waals surface area contributed by atoms with Gasteiger partial charge in [-0.3, -0.25) is 4.79 Å². The van der Waals surface area contributed by atoms with Crippen LogP contribution in [0.15, 0.2) is 42.5 Å². The van der Waals surface area contributed by atoms with E-state index in [1.165, 1.54) is 0 Å². The predicted molar refractivity (Wildman–Crippen MR) is 98.9 cm³/mol. The van der Waals surface area contributed by atoms with Crippen LogP contribution in [0.5, 0.6) is 5.75 Å². The lowest BCUT2D eigenvalue weighted by atomic mass is 10.1. The number of nitrogens with one attached hydrogen (secondary N) is 1. The van der Waals surface area contributed by atoms with Crippen LogP contribution in [-0.4, -0.2) is 42.1 Å². The molecule has 0 radical (unpaired) electrons. The first-order valence-electron chi connectivity index (χ1n) is 8.62. The Morgan fingerprint density at radius 3 is 2.58 bits per heavy atom. The summed E-state index contributed by atoms with van der Waals surface area (Å²) in [6, 6.07) is 12.1. The van der Waals surface area contributed by atoms with Crippen LogP contribution >= 0.6 is 0 Å². The summed E-state index contributed by atoms with van der Waals surface area (Å²) in [5.41, 5.74) is 2.41. The molecule has 1 amide bonds. The first kappa shape index (κ1) is 17.8. The van der Waals surface area contributed by atoms with Gasteiger partial charge in [0.2, 0.25) is 0 Å². The fourth-order valence-corrected chi connectivity index (χ4v) is 3.09. The van der Waals surface area contributed by atoms with Crippen LogP contribution in [0.1, 0.15) is 39.1 Å². The van der Waals surface area contributed by atoms with Crippen molar-refractivity contribution in [2.45, 2.75) is 19.4 Å². The second-order valence-corrected chi connectivity index (χ2v) is 6.27. The number of methoxy groups -OCH3 is 1. The lowest BCUT2D eigenvalue weighted by Gasteiger charge is -2.17. The molecule has 1 aliphatic heterocycles. The SMILES string of the molecule is COc1ccc(C(=O)N2CCCC2)cc1NCc1cccc(C(=O)O)c1. The molecule has 2 aromatic rings. The number of carboxylic acid groups (broad SMARTS) is 1. The van der Waals surface area contributed by atoms with E-state index in [0.29, 0.717) is 23.5 Å². The van der Waals surface area contributed by atoms with Gasteiger partial charge in [0.05, 0.1) is 18.4 Å². The number of benzene rings is 2. The molecular formula is C20H22N2O4. The first-order valence-corrected chi connectivity index (χ1v) is 8.62. The number of aromatic carboxylic acids is 1. The minimum atomic E-state index is -0.956. The van der Waals surface area contributed by atoms with E-state index in [1.807, 2.05) is 11.0 Å². The normalized spacial score (nSPS) is 13.5. The van der Waals surface area contributed by atoms with E-state index < -0.39 is 5.97 Å². The highest BCUT2D eigenvalue weighted by Gasteiger charge is 2.20. The van der Waals surface area contributed by atoms with Gasteiger partial charge in [-0.15, -0.1) is 0 Å². The van der Waals surface area contributed by atoms with Gasteiger partial charge in [0.15, 0.2) is 0 Å². The molecule has 3 rings (SSSR count). The summed E-state index contributed by atoms with van der Waals surface area (Å²) in [5, 5.41) is 12.3. The predicted octanol–water partition coefficient (Wildman–Crippen LogP) is 3.24. The number of carbonyl (C=O) groups excluding carboxylic acids is 1. The Bertz CT molecular complexity index is 813. The van der Waals surface area contributed by atoms with Gasteiger partial charge in [0.25, 0.3) is 5.91 Å². The molecular weight excluding hydrogens is 332 g/mol. The van der Waals surface area contributed by atoms with E-state index in [0.717, 1.165) is 31.5 Å². The van der Waals surface area contributed by atoms with Gasteiger partial charge in [-0.1, -0.05) is 12.1 Å². The highest BCUT2D eigenvalue weighted by molar-refractivity contribution is 5.95. The maximum Gasteiger partial charge on any atom is 0.335 e. The first-order chi connectivity index (χ1) is 12.6. The number of likely N-dealkylation sites (tertiary alicyclic amines) is 1. The molecule has 1 fully saturated rings. The monoisotopic (exact) mass is 354 g/mol. The average Bonchev–Trinajstić information content (AvgIpc) is 3.20. The zero-order valence-corrected chi connectivity index (χ0v) is 14.7. The molecule has 0 spiro atoms. The van der Waals surface area contributed by atoms with Gasteiger partial charge in [-0.05, 0) is 48.7 Å². The van der Waals surface area contributed by atoms with Crippen LogP contribution in [0, 0.1) is 0 Å².